The molecule has 2 aromatic carbocycles. The Morgan fingerprint density at radius 1 is 1.11 bits per heavy atom. The zero-order chi connectivity index (χ0) is 20.4. The minimum Gasteiger partial charge on any atom is -0.382 e. The van der Waals surface area contributed by atoms with Crippen molar-refractivity contribution < 1.29 is 18.4 Å². The number of rotatable bonds is 6. The van der Waals surface area contributed by atoms with Crippen LogP contribution < -0.4 is 16.4 Å². The Morgan fingerprint density at radius 2 is 1.75 bits per heavy atom. The summed E-state index contributed by atoms with van der Waals surface area (Å²) in [7, 11) is 0. The lowest BCUT2D eigenvalue weighted by Crippen LogP contribution is -2.39. The van der Waals surface area contributed by atoms with Crippen LogP contribution in [0.2, 0.25) is 0 Å². The van der Waals surface area contributed by atoms with Gasteiger partial charge in [0.2, 0.25) is 11.7 Å². The Morgan fingerprint density at radius 3 is 2.36 bits per heavy atom. The summed E-state index contributed by atoms with van der Waals surface area (Å²) >= 11 is 0.896. The third-order valence-corrected chi connectivity index (χ3v) is 5.15. The van der Waals surface area contributed by atoms with E-state index in [0.717, 1.165) is 11.3 Å². The zero-order valence-electron chi connectivity index (χ0n) is 14.7. The maximum Gasteiger partial charge on any atom is 0.240 e. The van der Waals surface area contributed by atoms with Crippen LogP contribution in [-0.2, 0) is 4.79 Å². The largest absolute Gasteiger partial charge is 0.382 e. The molecule has 0 radical (unpaired) electrons. The smallest absolute Gasteiger partial charge is 0.240 e. The first-order valence-electron chi connectivity index (χ1n) is 8.19. The van der Waals surface area contributed by atoms with Crippen molar-refractivity contribution in [3.8, 4) is 0 Å². The minimum absolute atomic E-state index is 0.0314. The second-order valence-corrected chi connectivity index (χ2v) is 6.92. The number of thiazole rings is 1. The molecule has 0 fully saturated rings. The predicted molar refractivity (Wildman–Crippen MR) is 104 cm³/mol. The number of amides is 1. The van der Waals surface area contributed by atoms with Gasteiger partial charge in [0.25, 0.3) is 0 Å². The van der Waals surface area contributed by atoms with Crippen LogP contribution in [0.25, 0.3) is 0 Å². The van der Waals surface area contributed by atoms with E-state index < -0.39 is 29.4 Å². The topological polar surface area (TPSA) is 102 Å². The Hall–Kier alpha value is -3.33. The Labute approximate surface area is 163 Å². The molecular weight excluding hydrogens is 386 g/mol. The van der Waals surface area contributed by atoms with Gasteiger partial charge in [-0.05, 0) is 43.3 Å². The summed E-state index contributed by atoms with van der Waals surface area (Å²) in [4.78, 5) is 30.1. The van der Waals surface area contributed by atoms with Gasteiger partial charge in [0.1, 0.15) is 28.4 Å². The number of nitrogens with two attached hydrogens (primary N) is 2. The molecule has 0 aliphatic carbocycles. The Bertz CT molecular complexity index is 1040. The molecule has 0 saturated heterocycles. The summed E-state index contributed by atoms with van der Waals surface area (Å²) in [6.45, 7) is 1.54. The van der Waals surface area contributed by atoms with Crippen LogP contribution in [-0.4, -0.2) is 22.7 Å². The molecule has 1 heterocycles. The van der Waals surface area contributed by atoms with E-state index >= 15 is 0 Å². The monoisotopic (exact) mass is 402 g/mol. The van der Waals surface area contributed by atoms with Crippen molar-refractivity contribution in [1.29, 1.82) is 0 Å². The molecule has 3 aromatic rings. The van der Waals surface area contributed by atoms with Crippen molar-refractivity contribution in [2.24, 2.45) is 5.73 Å². The number of halogens is 2. The van der Waals surface area contributed by atoms with Crippen LogP contribution >= 0.6 is 11.3 Å². The number of aromatic nitrogens is 1. The molecule has 0 bridgehead atoms. The molecule has 0 aliphatic heterocycles. The minimum atomic E-state index is -0.854. The van der Waals surface area contributed by atoms with Crippen LogP contribution in [0.1, 0.15) is 22.2 Å². The number of carbonyl (C=O) groups excluding carboxylic acids is 2. The highest BCUT2D eigenvalue weighted by Crippen LogP contribution is 2.36. The Balaban J connectivity index is 2.06. The maximum atomic E-state index is 14.0. The lowest BCUT2D eigenvalue weighted by molar-refractivity contribution is -0.118. The molecule has 28 heavy (non-hydrogen) atoms. The van der Waals surface area contributed by atoms with Gasteiger partial charge in [-0.15, -0.1) is 0 Å². The SMILES string of the molecule is C[C@H](C(N)=O)N(c1ccc(F)cc1)c1nc(N)c(C(=O)c2ccccc2F)s1. The van der Waals surface area contributed by atoms with Crippen molar-refractivity contribution in [1.82, 2.24) is 4.98 Å². The van der Waals surface area contributed by atoms with Gasteiger partial charge in [0.05, 0.1) is 5.56 Å². The van der Waals surface area contributed by atoms with E-state index in [1.54, 1.807) is 6.92 Å². The van der Waals surface area contributed by atoms with Crippen LogP contribution in [0.5, 0.6) is 0 Å². The van der Waals surface area contributed by atoms with Gasteiger partial charge in [0.15, 0.2) is 5.13 Å². The molecule has 3 rings (SSSR count). The number of primary amides is 1. The number of hydrogen-bond donors (Lipinski definition) is 2. The van der Waals surface area contributed by atoms with E-state index in [-0.39, 0.29) is 21.4 Å². The summed E-state index contributed by atoms with van der Waals surface area (Å²) < 4.78 is 27.3. The second-order valence-electron chi connectivity index (χ2n) is 5.94. The molecule has 1 amide bonds. The number of ketones is 1. The molecule has 1 atom stereocenters. The van der Waals surface area contributed by atoms with E-state index in [1.807, 2.05) is 0 Å². The van der Waals surface area contributed by atoms with Gasteiger partial charge in [-0.3, -0.25) is 9.59 Å². The lowest BCUT2D eigenvalue weighted by Gasteiger charge is -2.26. The molecule has 6 nitrogen and oxygen atoms in total. The highest BCUT2D eigenvalue weighted by molar-refractivity contribution is 7.18. The van der Waals surface area contributed by atoms with Crippen molar-refractivity contribution in [2.75, 3.05) is 10.6 Å². The molecule has 144 valence electrons. The Kier molecular flexibility index (Phi) is 5.36. The van der Waals surface area contributed by atoms with E-state index in [2.05, 4.69) is 4.98 Å². The molecule has 0 spiro atoms. The van der Waals surface area contributed by atoms with Crippen LogP contribution in [0.15, 0.2) is 48.5 Å². The number of carbonyl (C=O) groups is 2. The normalized spacial score (nSPS) is 11.8. The van der Waals surface area contributed by atoms with E-state index in [9.17, 15) is 18.4 Å². The zero-order valence-corrected chi connectivity index (χ0v) is 15.5. The highest BCUT2D eigenvalue weighted by Gasteiger charge is 2.28. The maximum absolute atomic E-state index is 14.0. The molecule has 0 unspecified atom stereocenters. The predicted octanol–water partition coefficient (Wildman–Crippen LogP) is 3.25. The summed E-state index contributed by atoms with van der Waals surface area (Å²) in [5, 5.41) is 0.204. The molecule has 9 heteroatoms. The summed E-state index contributed by atoms with van der Waals surface area (Å²) in [5.74, 6) is -2.51. The average molecular weight is 402 g/mol. The fraction of sp³-hybridized carbons (Fsp3) is 0.105. The summed E-state index contributed by atoms with van der Waals surface area (Å²) in [6.07, 6.45) is 0. The fourth-order valence-corrected chi connectivity index (χ4v) is 3.62. The van der Waals surface area contributed by atoms with Crippen LogP contribution in [0.3, 0.4) is 0 Å². The van der Waals surface area contributed by atoms with Crippen molar-refractivity contribution >= 4 is 39.7 Å². The van der Waals surface area contributed by atoms with Crippen LogP contribution in [0, 0.1) is 11.6 Å². The van der Waals surface area contributed by atoms with Crippen LogP contribution in [0.4, 0.5) is 25.4 Å². The lowest BCUT2D eigenvalue weighted by atomic mass is 10.1. The first-order valence-corrected chi connectivity index (χ1v) is 9.01. The molecule has 4 N–H and O–H groups in total. The van der Waals surface area contributed by atoms with E-state index in [1.165, 1.54) is 53.4 Å². The van der Waals surface area contributed by atoms with Gasteiger partial charge < -0.3 is 16.4 Å². The van der Waals surface area contributed by atoms with E-state index in [4.69, 9.17) is 11.5 Å². The number of benzene rings is 2. The molecular formula is C19H16F2N4O2S. The third kappa shape index (κ3) is 3.70. The summed E-state index contributed by atoms with van der Waals surface area (Å²) in [6, 6.07) is 10.0. The fourth-order valence-electron chi connectivity index (χ4n) is 2.58. The van der Waals surface area contributed by atoms with Crippen molar-refractivity contribution in [2.45, 2.75) is 13.0 Å². The van der Waals surface area contributed by atoms with Crippen molar-refractivity contribution in [3.63, 3.8) is 0 Å². The first kappa shape index (κ1) is 19.4. The standard InChI is InChI=1S/C19H16F2N4O2S/c1-10(18(23)27)25(12-8-6-11(20)7-9-12)19-24-17(22)16(28-19)15(26)13-4-2-3-5-14(13)21/h2-10H,22H2,1H3,(H2,23,27)/t10-/m1/s1. The molecule has 0 saturated carbocycles. The van der Waals surface area contributed by atoms with Gasteiger partial charge in [-0.2, -0.15) is 0 Å². The third-order valence-electron chi connectivity index (χ3n) is 4.08. The van der Waals surface area contributed by atoms with Gasteiger partial charge >= 0.3 is 0 Å². The van der Waals surface area contributed by atoms with Gasteiger partial charge in [-0.25, -0.2) is 13.8 Å². The van der Waals surface area contributed by atoms with Gasteiger partial charge in [0, 0.05) is 5.69 Å². The molecule has 1 aromatic heterocycles. The average Bonchev–Trinajstić information content (AvgIpc) is 3.04. The van der Waals surface area contributed by atoms with E-state index in [0.29, 0.717) is 5.69 Å². The number of hydrogen-bond acceptors (Lipinski definition) is 6. The number of nitrogen functional groups attached to an aromatic ring is 1. The quantitative estimate of drug-likeness (QED) is 0.616. The number of nitrogens with zero attached hydrogens (tertiary/aromatic N) is 2. The number of anilines is 3. The highest BCUT2D eigenvalue weighted by atomic mass is 32.1. The summed E-state index contributed by atoms with van der Waals surface area (Å²) in [5.41, 5.74) is 11.6. The molecule has 0 aliphatic rings. The first-order chi connectivity index (χ1) is 13.3. The van der Waals surface area contributed by atoms with Crippen molar-refractivity contribution in [3.05, 3.63) is 70.6 Å². The van der Waals surface area contributed by atoms with Gasteiger partial charge in [-0.1, -0.05) is 23.5 Å². The second kappa shape index (κ2) is 7.73.